The van der Waals surface area contributed by atoms with Crippen LogP contribution >= 0.6 is 11.8 Å². The summed E-state index contributed by atoms with van der Waals surface area (Å²) in [6.07, 6.45) is 0. The van der Waals surface area contributed by atoms with E-state index in [2.05, 4.69) is 0 Å². The molecule has 0 fully saturated rings. The fraction of sp³-hybridized carbons (Fsp3) is 0.211. The topological polar surface area (TPSA) is 101 Å². The monoisotopic (exact) mass is 370 g/mol. The summed E-state index contributed by atoms with van der Waals surface area (Å²) in [4.78, 5) is 37.5. The van der Waals surface area contributed by atoms with Gasteiger partial charge in [0.05, 0.1) is 11.1 Å². The number of benzene rings is 2. The van der Waals surface area contributed by atoms with Crippen molar-refractivity contribution in [3.63, 3.8) is 0 Å². The predicted molar refractivity (Wildman–Crippen MR) is 99.1 cm³/mol. The Labute approximate surface area is 155 Å². The number of rotatable bonds is 7. The van der Waals surface area contributed by atoms with Gasteiger partial charge in [0.25, 0.3) is 11.8 Å². The Kier molecular flexibility index (Phi) is 5.39. The quantitative estimate of drug-likeness (QED) is 0.725. The van der Waals surface area contributed by atoms with Gasteiger partial charge >= 0.3 is 5.97 Å². The highest BCUT2D eigenvalue weighted by atomic mass is 32.2. The minimum Gasteiger partial charge on any atom is -0.480 e. The van der Waals surface area contributed by atoms with Gasteiger partial charge in [-0.3, -0.25) is 14.5 Å². The molecule has 1 aliphatic heterocycles. The number of nitrogens with zero attached hydrogens (tertiary/aromatic N) is 1. The van der Waals surface area contributed by atoms with Crippen LogP contribution in [0.25, 0.3) is 0 Å². The van der Waals surface area contributed by atoms with E-state index in [1.165, 1.54) is 23.9 Å². The number of thioether (sulfide) groups is 1. The molecule has 134 valence electrons. The molecule has 2 aromatic rings. The average molecular weight is 370 g/mol. The van der Waals surface area contributed by atoms with Crippen LogP contribution in [0.15, 0.2) is 54.6 Å². The SMILES string of the molecule is N[C@@H](CSC[C@@H](C(=O)O)N1C(=O)c2ccccc2C1=O)c1ccccc1. The smallest absolute Gasteiger partial charge is 0.327 e. The van der Waals surface area contributed by atoms with Crippen molar-refractivity contribution in [2.24, 2.45) is 5.73 Å². The van der Waals surface area contributed by atoms with Crippen LogP contribution in [0, 0.1) is 0 Å². The molecule has 0 bridgehead atoms. The van der Waals surface area contributed by atoms with Gasteiger partial charge in [0.2, 0.25) is 0 Å². The van der Waals surface area contributed by atoms with Gasteiger partial charge in [-0.25, -0.2) is 4.79 Å². The van der Waals surface area contributed by atoms with Crippen molar-refractivity contribution in [2.75, 3.05) is 11.5 Å². The van der Waals surface area contributed by atoms with E-state index < -0.39 is 23.8 Å². The van der Waals surface area contributed by atoms with E-state index in [1.807, 2.05) is 30.3 Å². The van der Waals surface area contributed by atoms with Crippen LogP contribution in [0.2, 0.25) is 0 Å². The zero-order valence-electron chi connectivity index (χ0n) is 13.9. The summed E-state index contributed by atoms with van der Waals surface area (Å²) in [7, 11) is 0. The Morgan fingerprint density at radius 3 is 2.04 bits per heavy atom. The highest BCUT2D eigenvalue weighted by Gasteiger charge is 2.42. The molecule has 7 heteroatoms. The van der Waals surface area contributed by atoms with Crippen molar-refractivity contribution in [1.29, 1.82) is 0 Å². The van der Waals surface area contributed by atoms with E-state index in [4.69, 9.17) is 5.73 Å². The van der Waals surface area contributed by atoms with Crippen molar-refractivity contribution in [1.82, 2.24) is 4.90 Å². The zero-order chi connectivity index (χ0) is 18.7. The van der Waals surface area contributed by atoms with Gasteiger partial charge in [0, 0.05) is 17.5 Å². The molecule has 0 saturated carbocycles. The highest BCUT2D eigenvalue weighted by molar-refractivity contribution is 7.99. The fourth-order valence-corrected chi connectivity index (χ4v) is 3.95. The molecule has 2 aromatic carbocycles. The maximum Gasteiger partial charge on any atom is 0.327 e. The lowest BCUT2D eigenvalue weighted by molar-refractivity contribution is -0.140. The molecule has 2 atom stereocenters. The standard InChI is InChI=1S/C19H18N2O4S/c20-15(12-6-2-1-3-7-12)10-26-11-16(19(24)25)21-17(22)13-8-4-5-9-14(13)18(21)23/h1-9,15-16H,10-11,20H2,(H,24,25)/t15-,16-/m0/s1. The van der Waals surface area contributed by atoms with Crippen LogP contribution in [-0.4, -0.2) is 45.3 Å². The number of fused-ring (bicyclic) bond motifs is 1. The first-order chi connectivity index (χ1) is 12.5. The average Bonchev–Trinajstić information content (AvgIpc) is 2.90. The molecule has 0 aliphatic carbocycles. The molecule has 1 heterocycles. The van der Waals surface area contributed by atoms with E-state index in [9.17, 15) is 19.5 Å². The molecule has 0 aromatic heterocycles. The number of hydrogen-bond donors (Lipinski definition) is 2. The Bertz CT molecular complexity index is 805. The molecule has 26 heavy (non-hydrogen) atoms. The number of carboxylic acid groups (broad SMARTS) is 1. The molecule has 0 saturated heterocycles. The van der Waals surface area contributed by atoms with Gasteiger partial charge in [-0.05, 0) is 17.7 Å². The van der Waals surface area contributed by atoms with Gasteiger partial charge in [-0.15, -0.1) is 0 Å². The molecule has 6 nitrogen and oxygen atoms in total. The van der Waals surface area contributed by atoms with Crippen molar-refractivity contribution in [2.45, 2.75) is 12.1 Å². The zero-order valence-corrected chi connectivity index (χ0v) is 14.7. The van der Waals surface area contributed by atoms with Gasteiger partial charge in [0.1, 0.15) is 6.04 Å². The van der Waals surface area contributed by atoms with Gasteiger partial charge in [0.15, 0.2) is 0 Å². The number of carbonyl (C=O) groups excluding carboxylic acids is 2. The first-order valence-corrected chi connectivity index (χ1v) is 9.24. The van der Waals surface area contributed by atoms with E-state index in [1.54, 1.807) is 12.1 Å². The summed E-state index contributed by atoms with van der Waals surface area (Å²) in [5, 5.41) is 9.54. The first kappa shape index (κ1) is 18.2. The molecule has 2 amide bonds. The second-order valence-electron chi connectivity index (χ2n) is 5.93. The van der Waals surface area contributed by atoms with E-state index in [0.717, 1.165) is 10.5 Å². The lowest BCUT2D eigenvalue weighted by Gasteiger charge is -2.22. The van der Waals surface area contributed by atoms with Gasteiger partial charge in [-0.1, -0.05) is 42.5 Å². The van der Waals surface area contributed by atoms with Crippen molar-refractivity contribution >= 4 is 29.5 Å². The summed E-state index contributed by atoms with van der Waals surface area (Å²) < 4.78 is 0. The molecule has 0 radical (unpaired) electrons. The number of hydrogen-bond acceptors (Lipinski definition) is 5. The summed E-state index contributed by atoms with van der Waals surface area (Å²) in [6, 6.07) is 14.4. The third kappa shape index (κ3) is 3.49. The number of imide groups is 1. The van der Waals surface area contributed by atoms with Crippen LogP contribution in [0.1, 0.15) is 32.3 Å². The maximum atomic E-state index is 12.5. The molecule has 0 spiro atoms. The van der Waals surface area contributed by atoms with E-state index in [-0.39, 0.29) is 22.9 Å². The lowest BCUT2D eigenvalue weighted by atomic mass is 10.1. The van der Waals surface area contributed by atoms with Gasteiger partial charge in [-0.2, -0.15) is 11.8 Å². The molecular formula is C19H18N2O4S. The van der Waals surface area contributed by atoms with Gasteiger partial charge < -0.3 is 10.8 Å². The van der Waals surface area contributed by atoms with Crippen LogP contribution in [0.5, 0.6) is 0 Å². The van der Waals surface area contributed by atoms with Crippen LogP contribution in [0.3, 0.4) is 0 Å². The van der Waals surface area contributed by atoms with E-state index in [0.29, 0.717) is 5.75 Å². The lowest BCUT2D eigenvalue weighted by Crippen LogP contribution is -2.46. The molecule has 3 rings (SSSR count). The number of carbonyl (C=O) groups is 3. The Hall–Kier alpha value is -2.64. The number of aliphatic carboxylic acids is 1. The molecule has 0 unspecified atom stereocenters. The molecule has 1 aliphatic rings. The van der Waals surface area contributed by atoms with Crippen molar-refractivity contribution < 1.29 is 19.5 Å². The van der Waals surface area contributed by atoms with Crippen LogP contribution in [0.4, 0.5) is 0 Å². The summed E-state index contributed by atoms with van der Waals surface area (Å²) in [6.45, 7) is 0. The predicted octanol–water partition coefficient (Wildman–Crippen LogP) is 2.17. The maximum absolute atomic E-state index is 12.5. The summed E-state index contributed by atoms with van der Waals surface area (Å²) in [5.41, 5.74) is 7.56. The number of amides is 2. The minimum atomic E-state index is -1.23. The third-order valence-electron chi connectivity index (χ3n) is 4.22. The summed E-state index contributed by atoms with van der Waals surface area (Å²) >= 11 is 1.31. The second kappa shape index (κ2) is 7.72. The Morgan fingerprint density at radius 2 is 1.50 bits per heavy atom. The number of carboxylic acids is 1. The summed E-state index contributed by atoms with van der Waals surface area (Å²) in [5.74, 6) is -1.77. The highest BCUT2D eigenvalue weighted by Crippen LogP contribution is 2.26. The van der Waals surface area contributed by atoms with E-state index >= 15 is 0 Å². The normalized spacial score (nSPS) is 15.7. The third-order valence-corrected chi connectivity index (χ3v) is 5.37. The molecule has 3 N–H and O–H groups in total. The van der Waals surface area contributed by atoms with Crippen LogP contribution < -0.4 is 5.73 Å². The van der Waals surface area contributed by atoms with Crippen LogP contribution in [-0.2, 0) is 4.79 Å². The fourth-order valence-electron chi connectivity index (χ4n) is 2.85. The Morgan fingerprint density at radius 1 is 0.962 bits per heavy atom. The van der Waals surface area contributed by atoms with Crippen molar-refractivity contribution in [3.05, 3.63) is 71.3 Å². The largest absolute Gasteiger partial charge is 0.480 e. The number of nitrogens with two attached hydrogens (primary N) is 1. The molecular weight excluding hydrogens is 352 g/mol. The Balaban J connectivity index is 1.68. The van der Waals surface area contributed by atoms with Crippen molar-refractivity contribution in [3.8, 4) is 0 Å². The second-order valence-corrected chi connectivity index (χ2v) is 7.01. The first-order valence-electron chi connectivity index (χ1n) is 8.08. The minimum absolute atomic E-state index is 0.0847.